The summed E-state index contributed by atoms with van der Waals surface area (Å²) in [6.07, 6.45) is -1.49. The van der Waals surface area contributed by atoms with E-state index < -0.39 is 36.1 Å². The molecule has 0 aromatic heterocycles. The molecule has 2 fully saturated rings. The second-order valence-electron chi connectivity index (χ2n) is 3.48. The van der Waals surface area contributed by atoms with Crippen LogP contribution in [0.25, 0.3) is 0 Å². The number of cyclic esters (lactones) is 4. The highest BCUT2D eigenvalue weighted by Crippen LogP contribution is 2.08. The zero-order valence-electron chi connectivity index (χ0n) is 9.83. The average Bonchev–Trinajstić information content (AvgIpc) is 2.31. The summed E-state index contributed by atoms with van der Waals surface area (Å²) in [6.45, 7) is 2.48. The van der Waals surface area contributed by atoms with E-state index in [1.54, 1.807) is 0 Å². The lowest BCUT2D eigenvalue weighted by atomic mass is 10.3. The number of esters is 4. The van der Waals surface area contributed by atoms with Crippen LogP contribution in [0.5, 0.6) is 0 Å². The van der Waals surface area contributed by atoms with E-state index in [1.807, 2.05) is 0 Å². The van der Waals surface area contributed by atoms with Crippen molar-refractivity contribution in [3.05, 3.63) is 0 Å². The Hall–Kier alpha value is -2.12. The van der Waals surface area contributed by atoms with Crippen LogP contribution in [-0.4, -0.2) is 49.3 Å². The fourth-order valence-corrected chi connectivity index (χ4v) is 0.998. The molecule has 0 saturated carbocycles. The van der Waals surface area contributed by atoms with Gasteiger partial charge in [-0.05, 0) is 13.8 Å². The lowest BCUT2D eigenvalue weighted by molar-refractivity contribution is -0.191. The second-order valence-corrected chi connectivity index (χ2v) is 3.48. The minimum atomic E-state index is -0.747. The average molecular weight is 260 g/mol. The van der Waals surface area contributed by atoms with Gasteiger partial charge in [0.15, 0.2) is 25.4 Å². The van der Waals surface area contributed by atoms with E-state index in [-0.39, 0.29) is 13.2 Å². The van der Waals surface area contributed by atoms with Gasteiger partial charge >= 0.3 is 23.9 Å². The Morgan fingerprint density at radius 1 is 0.778 bits per heavy atom. The van der Waals surface area contributed by atoms with Crippen LogP contribution in [0.15, 0.2) is 0 Å². The van der Waals surface area contributed by atoms with Crippen LogP contribution in [0.2, 0.25) is 0 Å². The highest BCUT2D eigenvalue weighted by atomic mass is 16.6. The van der Waals surface area contributed by atoms with Crippen molar-refractivity contribution in [1.82, 2.24) is 0 Å². The maximum Gasteiger partial charge on any atom is 0.347 e. The van der Waals surface area contributed by atoms with E-state index in [9.17, 15) is 19.2 Å². The van der Waals surface area contributed by atoms with Crippen LogP contribution in [-0.2, 0) is 38.1 Å². The summed E-state index contributed by atoms with van der Waals surface area (Å²) in [5.74, 6) is -1.92. The van der Waals surface area contributed by atoms with E-state index >= 15 is 0 Å². The van der Waals surface area contributed by atoms with E-state index in [2.05, 4.69) is 18.9 Å². The summed E-state index contributed by atoms with van der Waals surface area (Å²) in [5.41, 5.74) is 0. The third-order valence-electron chi connectivity index (χ3n) is 1.95. The second kappa shape index (κ2) is 5.99. The number of hydrogen-bond acceptors (Lipinski definition) is 8. The van der Waals surface area contributed by atoms with Gasteiger partial charge in [-0.2, -0.15) is 0 Å². The van der Waals surface area contributed by atoms with Crippen molar-refractivity contribution >= 4 is 23.9 Å². The maximum atomic E-state index is 10.7. The van der Waals surface area contributed by atoms with Crippen molar-refractivity contribution in [2.45, 2.75) is 26.1 Å². The first-order valence-electron chi connectivity index (χ1n) is 5.12. The Labute approximate surface area is 102 Å². The Kier molecular flexibility index (Phi) is 4.64. The molecule has 0 spiro atoms. The largest absolute Gasteiger partial charge is 0.451 e. The molecule has 2 aliphatic rings. The lowest BCUT2D eigenvalue weighted by Crippen LogP contribution is -2.40. The zero-order valence-corrected chi connectivity index (χ0v) is 9.83. The summed E-state index contributed by atoms with van der Waals surface area (Å²) >= 11 is 0. The molecule has 2 atom stereocenters. The van der Waals surface area contributed by atoms with Gasteiger partial charge in [0.2, 0.25) is 0 Å². The number of carbonyl (C=O) groups excluding carboxylic acids is 4. The van der Waals surface area contributed by atoms with Crippen molar-refractivity contribution in [1.29, 1.82) is 0 Å². The van der Waals surface area contributed by atoms with Crippen molar-refractivity contribution < 1.29 is 38.1 Å². The van der Waals surface area contributed by atoms with Crippen LogP contribution in [0.4, 0.5) is 0 Å². The maximum absolute atomic E-state index is 10.7. The van der Waals surface area contributed by atoms with Gasteiger partial charge in [0.25, 0.3) is 0 Å². The normalized spacial score (nSPS) is 27.0. The van der Waals surface area contributed by atoms with Gasteiger partial charge in [-0.3, -0.25) is 0 Å². The van der Waals surface area contributed by atoms with Crippen LogP contribution in [0.3, 0.4) is 0 Å². The van der Waals surface area contributed by atoms with E-state index in [0.29, 0.717) is 0 Å². The molecule has 8 heteroatoms. The van der Waals surface area contributed by atoms with Gasteiger partial charge in [-0.15, -0.1) is 0 Å². The van der Waals surface area contributed by atoms with Crippen molar-refractivity contribution in [3.63, 3.8) is 0 Å². The van der Waals surface area contributed by atoms with Crippen LogP contribution in [0, 0.1) is 0 Å². The fraction of sp³-hybridized carbons (Fsp3) is 0.600. The van der Waals surface area contributed by atoms with Gasteiger partial charge in [-0.1, -0.05) is 0 Å². The third kappa shape index (κ3) is 4.04. The molecule has 0 aliphatic carbocycles. The molecule has 100 valence electrons. The summed E-state index contributed by atoms with van der Waals surface area (Å²) in [4.78, 5) is 41.5. The molecular weight excluding hydrogens is 248 g/mol. The highest BCUT2D eigenvalue weighted by molar-refractivity contribution is 5.86. The van der Waals surface area contributed by atoms with Gasteiger partial charge in [0, 0.05) is 0 Å². The molecule has 2 heterocycles. The number of rotatable bonds is 0. The molecule has 18 heavy (non-hydrogen) atoms. The Bertz CT molecular complexity index is 326. The summed E-state index contributed by atoms with van der Waals surface area (Å²) in [7, 11) is 0. The molecule has 2 saturated heterocycles. The molecule has 0 N–H and O–H groups in total. The molecule has 2 rings (SSSR count). The van der Waals surface area contributed by atoms with Crippen molar-refractivity contribution in [2.24, 2.45) is 0 Å². The molecule has 0 radical (unpaired) electrons. The molecule has 0 aromatic rings. The molecule has 0 unspecified atom stereocenters. The van der Waals surface area contributed by atoms with E-state index in [4.69, 9.17) is 0 Å². The smallest absolute Gasteiger partial charge is 0.347 e. The molecule has 0 aromatic carbocycles. The predicted octanol–water partition coefficient (Wildman–Crippen LogP) is -1.05. The molecular formula is C10H12O8. The van der Waals surface area contributed by atoms with Gasteiger partial charge in [0.05, 0.1) is 0 Å². The minimum absolute atomic E-state index is 0.237. The van der Waals surface area contributed by atoms with Gasteiger partial charge in [-0.25, -0.2) is 19.2 Å². The van der Waals surface area contributed by atoms with Gasteiger partial charge in [0.1, 0.15) is 0 Å². The number of ether oxygens (including phenoxy) is 4. The third-order valence-corrected chi connectivity index (χ3v) is 1.95. The van der Waals surface area contributed by atoms with Crippen LogP contribution < -0.4 is 0 Å². The first kappa shape index (κ1) is 13.9. The SMILES string of the molecule is C[C@@H]1OC(=O)[C@H](C)OC1=O.O=C1COC(=O)CO1. The van der Waals surface area contributed by atoms with Crippen molar-refractivity contribution in [3.8, 4) is 0 Å². The summed E-state index contributed by atoms with van der Waals surface area (Å²) in [6, 6.07) is 0. The number of hydrogen-bond donors (Lipinski definition) is 0. The standard InChI is InChI=1S/C6H8O4.C4H4O4/c1-3-5(7)10-4(2)6(8)9-3;5-3-1-7-4(6)2-8-3/h3-4H,1-2H3;1-2H2/t3-,4-;/m0./s1. The lowest BCUT2D eigenvalue weighted by Gasteiger charge is -2.22. The molecule has 8 nitrogen and oxygen atoms in total. The first-order chi connectivity index (χ1) is 8.40. The van der Waals surface area contributed by atoms with E-state index in [1.165, 1.54) is 13.8 Å². The molecule has 0 bridgehead atoms. The zero-order chi connectivity index (χ0) is 13.7. The number of carbonyl (C=O) groups is 4. The molecule has 2 aliphatic heterocycles. The Morgan fingerprint density at radius 2 is 1.11 bits per heavy atom. The minimum Gasteiger partial charge on any atom is -0.451 e. The molecule has 0 amide bonds. The fourth-order valence-electron chi connectivity index (χ4n) is 0.998. The van der Waals surface area contributed by atoms with Crippen LogP contribution in [0.1, 0.15) is 13.8 Å². The quantitative estimate of drug-likeness (QED) is 0.401. The van der Waals surface area contributed by atoms with Crippen molar-refractivity contribution in [2.75, 3.05) is 13.2 Å². The predicted molar refractivity (Wildman–Crippen MR) is 53.0 cm³/mol. The van der Waals surface area contributed by atoms with Crippen LogP contribution >= 0.6 is 0 Å². The summed E-state index contributed by atoms with van der Waals surface area (Å²) in [5, 5.41) is 0. The monoisotopic (exact) mass is 260 g/mol. The highest BCUT2D eigenvalue weighted by Gasteiger charge is 2.32. The summed E-state index contributed by atoms with van der Waals surface area (Å²) < 4.78 is 17.7. The Balaban J connectivity index is 0.000000184. The Morgan fingerprint density at radius 3 is 1.39 bits per heavy atom. The topological polar surface area (TPSA) is 105 Å². The first-order valence-corrected chi connectivity index (χ1v) is 5.12. The van der Waals surface area contributed by atoms with Gasteiger partial charge < -0.3 is 18.9 Å². The van der Waals surface area contributed by atoms with E-state index in [0.717, 1.165) is 0 Å².